The van der Waals surface area contributed by atoms with Crippen molar-refractivity contribution in [2.45, 2.75) is 0 Å². The van der Waals surface area contributed by atoms with Crippen LogP contribution < -0.4 is 0 Å². The van der Waals surface area contributed by atoms with Crippen molar-refractivity contribution in [2.75, 3.05) is 0 Å². The van der Waals surface area contributed by atoms with Gasteiger partial charge in [-0.1, -0.05) is 0 Å². The second-order valence-corrected chi connectivity index (χ2v) is 1.93. The molecule has 0 aliphatic rings. The molecule has 4 heteroatoms. The van der Waals surface area contributed by atoms with Gasteiger partial charge in [-0.05, 0) is 12.1 Å². The van der Waals surface area contributed by atoms with Crippen molar-refractivity contribution in [1.29, 1.82) is 0 Å². The van der Waals surface area contributed by atoms with Crippen molar-refractivity contribution in [3.05, 3.63) is 29.7 Å². The Balaban J connectivity index is 2.93. The fraction of sp³-hybridized carbons (Fsp3) is 0. The fourth-order valence-corrected chi connectivity index (χ4v) is 0.840. The summed E-state index contributed by atoms with van der Waals surface area (Å²) in [5, 5.41) is 14.2. The predicted molar refractivity (Wildman–Crippen MR) is 36.3 cm³/mol. The van der Waals surface area contributed by atoms with Crippen LogP contribution in [0.5, 0.6) is 0 Å². The second-order valence-electron chi connectivity index (χ2n) is 1.93. The van der Waals surface area contributed by atoms with Crippen molar-refractivity contribution >= 4 is 11.0 Å². The molecule has 2 heterocycles. The average Bonchev–Trinajstić information content (AvgIpc) is 2.34. The molecule has 2 rings (SSSR count). The molecule has 2 aromatic heterocycles. The largest absolute Gasteiger partial charge is 0.790 e. The molecule has 0 fully saturated rings. The first-order chi connectivity index (χ1) is 4.88. The fourth-order valence-electron chi connectivity index (χ4n) is 0.840. The van der Waals surface area contributed by atoms with E-state index in [9.17, 15) is 5.21 Å². The highest BCUT2D eigenvalue weighted by Gasteiger charge is 1.93. The predicted octanol–water partition coefficient (Wildman–Crippen LogP) is 0.777. The number of pyridine rings is 1. The molecule has 0 aliphatic heterocycles. The number of nitrogens with zero attached hydrogens (tertiary/aromatic N) is 3. The van der Waals surface area contributed by atoms with Gasteiger partial charge in [0.15, 0.2) is 0 Å². The topological polar surface area (TPSA) is 53.8 Å². The van der Waals surface area contributed by atoms with Crippen LogP contribution in [-0.4, -0.2) is 14.9 Å². The van der Waals surface area contributed by atoms with Crippen molar-refractivity contribution in [1.82, 2.24) is 14.9 Å². The van der Waals surface area contributed by atoms with Gasteiger partial charge in [-0.25, -0.2) is 0 Å². The summed E-state index contributed by atoms with van der Waals surface area (Å²) in [5.74, 6) is 0. The monoisotopic (exact) mass is 134 g/mol. The van der Waals surface area contributed by atoms with E-state index in [1.165, 1.54) is 6.20 Å². The lowest BCUT2D eigenvalue weighted by molar-refractivity contribution is 0.919. The van der Waals surface area contributed by atoms with Crippen LogP contribution in [0.4, 0.5) is 0 Å². The van der Waals surface area contributed by atoms with E-state index in [0.717, 1.165) is 0 Å². The smallest absolute Gasteiger partial charge is 0.108 e. The number of rotatable bonds is 0. The van der Waals surface area contributed by atoms with Gasteiger partial charge in [0.2, 0.25) is 0 Å². The van der Waals surface area contributed by atoms with E-state index in [1.807, 2.05) is 0 Å². The summed E-state index contributed by atoms with van der Waals surface area (Å²) in [6, 6.07) is 3.39. The molecule has 0 radical (unpaired) electrons. The van der Waals surface area contributed by atoms with E-state index < -0.39 is 0 Å². The maximum atomic E-state index is 10.7. The molecular weight excluding hydrogens is 130 g/mol. The molecule has 0 bridgehead atoms. The molecule has 0 saturated carbocycles. The maximum Gasteiger partial charge on any atom is 0.108 e. The first-order valence-electron chi connectivity index (χ1n) is 2.84. The standard InChI is InChI=1S/C6H4N3O/c10-9-6-2-1-3-7-5(6)4-8-9/h1-4H/q-1. The van der Waals surface area contributed by atoms with Gasteiger partial charge >= 0.3 is 0 Å². The minimum Gasteiger partial charge on any atom is -0.790 e. The summed E-state index contributed by atoms with van der Waals surface area (Å²) in [6.07, 6.45) is 3.08. The molecule has 0 N–H and O–H groups in total. The third-order valence-electron chi connectivity index (χ3n) is 1.31. The van der Waals surface area contributed by atoms with E-state index in [1.54, 1.807) is 18.3 Å². The Morgan fingerprint density at radius 3 is 3.20 bits per heavy atom. The molecule has 0 aromatic carbocycles. The summed E-state index contributed by atoms with van der Waals surface area (Å²) in [6.45, 7) is 0. The molecule has 0 atom stereocenters. The van der Waals surface area contributed by atoms with Crippen LogP contribution in [0.25, 0.3) is 11.0 Å². The second kappa shape index (κ2) is 1.70. The van der Waals surface area contributed by atoms with Crippen LogP contribution in [0.3, 0.4) is 0 Å². The van der Waals surface area contributed by atoms with Gasteiger partial charge in [-0.3, -0.25) is 9.83 Å². The van der Waals surface area contributed by atoms with E-state index in [0.29, 0.717) is 15.9 Å². The molecule has 0 saturated heterocycles. The number of fused-ring (bicyclic) bond motifs is 1. The Bertz CT molecular complexity index is 355. The van der Waals surface area contributed by atoms with Crippen LogP contribution in [0.1, 0.15) is 0 Å². The number of aromatic nitrogens is 3. The van der Waals surface area contributed by atoms with Crippen LogP contribution in [-0.2, 0) is 0 Å². The number of hydrogen-bond acceptors (Lipinski definition) is 3. The Hall–Kier alpha value is -1.58. The van der Waals surface area contributed by atoms with E-state index in [-0.39, 0.29) is 0 Å². The lowest BCUT2D eigenvalue weighted by Gasteiger charge is -2.02. The molecule has 0 aliphatic carbocycles. The number of hydrogen-bond donors (Lipinski definition) is 0. The van der Waals surface area contributed by atoms with E-state index >= 15 is 0 Å². The summed E-state index contributed by atoms with van der Waals surface area (Å²) in [5.41, 5.74) is 1.15. The van der Waals surface area contributed by atoms with Crippen molar-refractivity contribution < 1.29 is 0 Å². The van der Waals surface area contributed by atoms with Gasteiger partial charge in [0.05, 0.1) is 11.7 Å². The zero-order valence-corrected chi connectivity index (χ0v) is 5.06. The first kappa shape index (κ1) is 5.22. The van der Waals surface area contributed by atoms with Crippen molar-refractivity contribution in [3.8, 4) is 0 Å². The summed E-state index contributed by atoms with van der Waals surface area (Å²) >= 11 is 0. The molecule has 50 valence electrons. The minimum absolute atomic E-state index is 0.516. The van der Waals surface area contributed by atoms with Gasteiger partial charge in [-0.2, -0.15) is 5.10 Å². The Labute approximate surface area is 56.7 Å². The zero-order valence-electron chi connectivity index (χ0n) is 5.06. The highest BCUT2D eigenvalue weighted by Crippen LogP contribution is 2.06. The van der Waals surface area contributed by atoms with Gasteiger partial charge in [0.1, 0.15) is 5.52 Å². The Morgan fingerprint density at radius 2 is 2.40 bits per heavy atom. The first-order valence-corrected chi connectivity index (χ1v) is 2.84. The lowest BCUT2D eigenvalue weighted by Crippen LogP contribution is -1.85. The van der Waals surface area contributed by atoms with Crippen molar-refractivity contribution in [2.24, 2.45) is 0 Å². The molecule has 2 aromatic rings. The van der Waals surface area contributed by atoms with Crippen LogP contribution in [0.2, 0.25) is 0 Å². The molecule has 0 amide bonds. The SMILES string of the molecule is [O-]n1ncc2ncccc21. The molecule has 4 nitrogen and oxygen atoms in total. The Kier molecular flexibility index (Phi) is 0.887. The van der Waals surface area contributed by atoms with E-state index in [4.69, 9.17) is 0 Å². The quantitative estimate of drug-likeness (QED) is 0.534. The lowest BCUT2D eigenvalue weighted by atomic mass is 10.4. The highest BCUT2D eigenvalue weighted by molar-refractivity contribution is 5.73. The molecule has 10 heavy (non-hydrogen) atoms. The normalized spacial score (nSPS) is 10.4. The highest BCUT2D eigenvalue weighted by atomic mass is 16.5. The van der Waals surface area contributed by atoms with Crippen LogP contribution >= 0.6 is 0 Å². The summed E-state index contributed by atoms with van der Waals surface area (Å²) in [4.78, 5) is 4.48. The summed E-state index contributed by atoms with van der Waals surface area (Å²) in [7, 11) is 0. The van der Waals surface area contributed by atoms with Crippen LogP contribution in [0, 0.1) is 5.21 Å². The molecule has 0 spiro atoms. The van der Waals surface area contributed by atoms with E-state index in [2.05, 4.69) is 10.1 Å². The third-order valence-corrected chi connectivity index (χ3v) is 1.31. The van der Waals surface area contributed by atoms with Gasteiger partial charge in [0, 0.05) is 6.20 Å². The third kappa shape index (κ3) is 0.556. The van der Waals surface area contributed by atoms with Crippen LogP contribution in [0.15, 0.2) is 24.5 Å². The molecular formula is C6H4N3O-. The van der Waals surface area contributed by atoms with Gasteiger partial charge in [-0.15, -0.1) is 0 Å². The maximum absolute atomic E-state index is 10.7. The van der Waals surface area contributed by atoms with Crippen molar-refractivity contribution in [3.63, 3.8) is 0 Å². The zero-order chi connectivity index (χ0) is 6.97. The van der Waals surface area contributed by atoms with Gasteiger partial charge < -0.3 is 5.21 Å². The molecule has 0 unspecified atom stereocenters. The van der Waals surface area contributed by atoms with Gasteiger partial charge in [0.25, 0.3) is 0 Å². The Morgan fingerprint density at radius 1 is 1.50 bits per heavy atom. The average molecular weight is 134 g/mol. The summed E-state index contributed by atoms with van der Waals surface area (Å²) < 4.78 is 0. The minimum atomic E-state index is 0.516.